The molecular weight excluding hydrogens is 584 g/mol. The van der Waals surface area contributed by atoms with Gasteiger partial charge in [0.15, 0.2) is 15.0 Å². The first-order valence-electron chi connectivity index (χ1n) is 13.4. The van der Waals surface area contributed by atoms with Crippen LogP contribution in [-0.2, 0) is 43.6 Å². The standard InChI is InChI=1S/C27H34N6O7S2/c1-5-38-13-14-40-27(35)33-12-11-21-20(16-33)23(28-15-18-7-9-19(10-8-18)42(4,36)37)31-25(30-21)32-26-29-17(3)22(41-26)24(34)39-6-2/h7-10H,5-6,11-16H2,1-4H3,(H2,28,29,30,31,32). The third kappa shape index (κ3) is 7.92. The summed E-state index contributed by atoms with van der Waals surface area (Å²) in [7, 11) is -3.31. The highest BCUT2D eigenvalue weighted by Crippen LogP contribution is 2.30. The fraction of sp³-hybridized carbons (Fsp3) is 0.444. The number of thiazole rings is 1. The fourth-order valence-electron chi connectivity index (χ4n) is 4.17. The molecule has 0 radical (unpaired) electrons. The smallest absolute Gasteiger partial charge is 0.410 e. The van der Waals surface area contributed by atoms with Gasteiger partial charge in [-0.3, -0.25) is 5.32 Å². The minimum atomic E-state index is -3.31. The van der Waals surface area contributed by atoms with E-state index in [1.54, 1.807) is 43.0 Å². The number of anilines is 3. The second kappa shape index (κ2) is 13.9. The lowest BCUT2D eigenvalue weighted by Gasteiger charge is -2.29. The van der Waals surface area contributed by atoms with Crippen molar-refractivity contribution >= 4 is 50.1 Å². The van der Waals surface area contributed by atoms with Gasteiger partial charge in [0.2, 0.25) is 5.95 Å². The summed E-state index contributed by atoms with van der Waals surface area (Å²) < 4.78 is 39.4. The fourth-order valence-corrected chi connectivity index (χ4v) is 5.65. The van der Waals surface area contributed by atoms with E-state index >= 15 is 0 Å². The van der Waals surface area contributed by atoms with Crippen molar-refractivity contribution in [1.82, 2.24) is 19.9 Å². The predicted molar refractivity (Wildman–Crippen MR) is 157 cm³/mol. The van der Waals surface area contributed by atoms with Crippen molar-refractivity contribution in [3.63, 3.8) is 0 Å². The number of aromatic nitrogens is 3. The maximum Gasteiger partial charge on any atom is 0.410 e. The minimum Gasteiger partial charge on any atom is -0.462 e. The molecule has 1 amide bonds. The largest absolute Gasteiger partial charge is 0.462 e. The molecule has 1 aromatic carbocycles. The van der Waals surface area contributed by atoms with Gasteiger partial charge in [0.25, 0.3) is 0 Å². The number of benzene rings is 1. The van der Waals surface area contributed by atoms with Crippen molar-refractivity contribution in [3.05, 3.63) is 51.7 Å². The first-order valence-corrected chi connectivity index (χ1v) is 16.1. The Balaban J connectivity index is 1.57. The van der Waals surface area contributed by atoms with Crippen molar-refractivity contribution in [3.8, 4) is 0 Å². The number of sulfone groups is 1. The van der Waals surface area contributed by atoms with Crippen LogP contribution in [0.2, 0.25) is 0 Å². The van der Waals surface area contributed by atoms with E-state index in [0.717, 1.165) is 34.4 Å². The topological polar surface area (TPSA) is 162 Å². The quantitative estimate of drug-likeness (QED) is 0.224. The monoisotopic (exact) mass is 618 g/mol. The molecule has 0 spiro atoms. The molecule has 0 bridgehead atoms. The Kier molecular flexibility index (Phi) is 10.3. The van der Waals surface area contributed by atoms with Crippen molar-refractivity contribution in [2.45, 2.75) is 45.2 Å². The second-order valence-electron chi connectivity index (χ2n) is 9.35. The third-order valence-electron chi connectivity index (χ3n) is 6.26. The maximum atomic E-state index is 12.7. The number of carbonyl (C=O) groups is 2. The van der Waals surface area contributed by atoms with Gasteiger partial charge in [0.1, 0.15) is 17.3 Å². The van der Waals surface area contributed by atoms with Gasteiger partial charge in [-0.1, -0.05) is 23.5 Å². The number of rotatable bonds is 12. The van der Waals surface area contributed by atoms with Crippen LogP contribution >= 0.6 is 11.3 Å². The highest BCUT2D eigenvalue weighted by molar-refractivity contribution is 7.90. The van der Waals surface area contributed by atoms with Gasteiger partial charge in [-0.15, -0.1) is 0 Å². The maximum absolute atomic E-state index is 12.7. The summed E-state index contributed by atoms with van der Waals surface area (Å²) in [4.78, 5) is 41.0. The molecule has 3 heterocycles. The molecule has 0 atom stereocenters. The Morgan fingerprint density at radius 3 is 2.50 bits per heavy atom. The van der Waals surface area contributed by atoms with Crippen LogP contribution in [0, 0.1) is 6.92 Å². The number of carbonyl (C=O) groups excluding carboxylic acids is 2. The van der Waals surface area contributed by atoms with Crippen molar-refractivity contribution < 1.29 is 32.2 Å². The van der Waals surface area contributed by atoms with Crippen LogP contribution in [0.1, 0.15) is 46.0 Å². The minimum absolute atomic E-state index is 0.158. The van der Waals surface area contributed by atoms with Gasteiger partial charge in [-0.2, -0.15) is 4.98 Å². The average molecular weight is 619 g/mol. The first-order chi connectivity index (χ1) is 20.1. The molecule has 0 fully saturated rings. The molecule has 1 aliphatic rings. The Morgan fingerprint density at radius 1 is 1.05 bits per heavy atom. The van der Waals surface area contributed by atoms with E-state index < -0.39 is 21.9 Å². The summed E-state index contributed by atoms with van der Waals surface area (Å²) in [6.45, 7) is 7.61. The van der Waals surface area contributed by atoms with Crippen molar-refractivity contribution in [2.24, 2.45) is 0 Å². The van der Waals surface area contributed by atoms with Crippen LogP contribution in [0.15, 0.2) is 29.2 Å². The SMILES string of the molecule is CCOCCOC(=O)N1CCc2nc(Nc3nc(C)c(C(=O)OCC)s3)nc(NCc3ccc(S(C)(=O)=O)cc3)c2C1. The molecular formula is C27H34N6O7S2. The van der Waals surface area contributed by atoms with Gasteiger partial charge in [0, 0.05) is 37.9 Å². The Labute approximate surface area is 248 Å². The van der Waals surface area contributed by atoms with Crippen LogP contribution < -0.4 is 10.6 Å². The van der Waals surface area contributed by atoms with Crippen LogP contribution in [0.25, 0.3) is 0 Å². The highest BCUT2D eigenvalue weighted by atomic mass is 32.2. The van der Waals surface area contributed by atoms with Crippen LogP contribution in [-0.4, -0.2) is 79.6 Å². The number of esters is 1. The molecule has 226 valence electrons. The molecule has 0 saturated heterocycles. The normalized spacial score (nSPS) is 12.9. The van der Waals surface area contributed by atoms with E-state index in [9.17, 15) is 18.0 Å². The number of hydrogen-bond donors (Lipinski definition) is 2. The molecule has 1 aliphatic heterocycles. The second-order valence-corrected chi connectivity index (χ2v) is 12.4. The number of fused-ring (bicyclic) bond motifs is 1. The van der Waals surface area contributed by atoms with Crippen molar-refractivity contribution in [2.75, 3.05) is 49.9 Å². The number of amides is 1. The molecule has 0 aliphatic carbocycles. The van der Waals surface area contributed by atoms with E-state index in [1.165, 1.54) is 0 Å². The number of nitrogens with zero attached hydrogens (tertiary/aromatic N) is 4. The van der Waals surface area contributed by atoms with E-state index in [4.69, 9.17) is 14.2 Å². The molecule has 15 heteroatoms. The van der Waals surface area contributed by atoms with Gasteiger partial charge in [-0.25, -0.2) is 28.0 Å². The van der Waals surface area contributed by atoms with Gasteiger partial charge in [-0.05, 0) is 38.5 Å². The van der Waals surface area contributed by atoms with Gasteiger partial charge in [0.05, 0.1) is 36.0 Å². The Hall–Kier alpha value is -3.82. The Bertz CT molecular complexity index is 1530. The lowest BCUT2D eigenvalue weighted by atomic mass is 10.1. The molecule has 0 unspecified atom stereocenters. The lowest BCUT2D eigenvalue weighted by Crippen LogP contribution is -2.38. The zero-order valence-electron chi connectivity index (χ0n) is 23.9. The summed E-state index contributed by atoms with van der Waals surface area (Å²) >= 11 is 1.15. The number of hydrogen-bond acceptors (Lipinski definition) is 13. The van der Waals surface area contributed by atoms with Crippen LogP contribution in [0.5, 0.6) is 0 Å². The van der Waals surface area contributed by atoms with E-state index in [0.29, 0.717) is 54.2 Å². The number of ether oxygens (including phenoxy) is 3. The van der Waals surface area contributed by atoms with Crippen LogP contribution in [0.3, 0.4) is 0 Å². The molecule has 4 rings (SSSR count). The van der Waals surface area contributed by atoms with Crippen LogP contribution in [0.4, 0.5) is 21.7 Å². The summed E-state index contributed by atoms with van der Waals surface area (Å²) in [6, 6.07) is 6.57. The molecule has 3 aromatic rings. The van der Waals surface area contributed by atoms with E-state index in [1.807, 2.05) is 6.92 Å². The molecule has 0 saturated carbocycles. The highest BCUT2D eigenvalue weighted by Gasteiger charge is 2.27. The van der Waals surface area contributed by atoms with E-state index in [2.05, 4.69) is 25.6 Å². The zero-order chi connectivity index (χ0) is 30.3. The average Bonchev–Trinajstić information content (AvgIpc) is 3.33. The summed E-state index contributed by atoms with van der Waals surface area (Å²) in [5, 5.41) is 6.85. The van der Waals surface area contributed by atoms with E-state index in [-0.39, 0.29) is 30.6 Å². The molecule has 2 aromatic heterocycles. The zero-order valence-corrected chi connectivity index (χ0v) is 25.6. The predicted octanol–water partition coefficient (Wildman–Crippen LogP) is 3.71. The number of nitrogens with one attached hydrogen (secondary N) is 2. The molecule has 13 nitrogen and oxygen atoms in total. The summed E-state index contributed by atoms with van der Waals surface area (Å²) in [5.74, 6) is 0.338. The summed E-state index contributed by atoms with van der Waals surface area (Å²) in [6.07, 6.45) is 1.18. The number of aryl methyl sites for hydroxylation is 1. The van der Waals surface area contributed by atoms with Gasteiger partial charge < -0.3 is 24.4 Å². The lowest BCUT2D eigenvalue weighted by molar-refractivity contribution is 0.0530. The first kappa shape index (κ1) is 31.1. The van der Waals surface area contributed by atoms with Gasteiger partial charge >= 0.3 is 12.1 Å². The molecule has 2 N–H and O–H groups in total. The summed E-state index contributed by atoms with van der Waals surface area (Å²) in [5.41, 5.74) is 2.86. The van der Waals surface area contributed by atoms with Crippen molar-refractivity contribution in [1.29, 1.82) is 0 Å². The molecule has 42 heavy (non-hydrogen) atoms. The Morgan fingerprint density at radius 2 is 1.81 bits per heavy atom. The third-order valence-corrected chi connectivity index (χ3v) is 8.44.